The maximum absolute atomic E-state index is 11.6. The van der Waals surface area contributed by atoms with Gasteiger partial charge in [0, 0.05) is 19.3 Å². The Bertz CT molecular complexity index is 415. The van der Waals surface area contributed by atoms with Crippen LogP contribution in [-0.2, 0) is 9.53 Å². The van der Waals surface area contributed by atoms with Crippen molar-refractivity contribution < 1.29 is 9.53 Å². The first-order valence-corrected chi connectivity index (χ1v) is 7.41. The molecule has 0 spiro atoms. The summed E-state index contributed by atoms with van der Waals surface area (Å²) in [6.45, 7) is 9.91. The minimum atomic E-state index is -0.0625. The Kier molecular flexibility index (Phi) is 6.98. The lowest BCUT2D eigenvalue weighted by Crippen LogP contribution is -2.37. The lowest BCUT2D eigenvalue weighted by atomic mass is 9.97. The lowest BCUT2D eigenvalue weighted by Gasteiger charge is -2.31. The molecule has 112 valence electrons. The van der Waals surface area contributed by atoms with Crippen LogP contribution in [0.5, 0.6) is 0 Å². The number of ether oxygens (including phenoxy) is 1. The monoisotopic (exact) mass is 279 g/mol. The van der Waals surface area contributed by atoms with E-state index in [1.165, 1.54) is 0 Å². The van der Waals surface area contributed by atoms with Crippen molar-refractivity contribution >= 4 is 11.8 Å². The third-order valence-corrected chi connectivity index (χ3v) is 3.18. The number of anilines is 1. The molecular formula is C15H25N3O2. The zero-order valence-electron chi connectivity index (χ0n) is 12.9. The van der Waals surface area contributed by atoms with Gasteiger partial charge < -0.3 is 9.64 Å². The smallest absolute Gasteiger partial charge is 0.309 e. The van der Waals surface area contributed by atoms with Crippen molar-refractivity contribution in [1.29, 1.82) is 0 Å². The number of hydrogen-bond donors (Lipinski definition) is 0. The second kappa shape index (κ2) is 8.51. The molecule has 0 amide bonds. The predicted molar refractivity (Wildman–Crippen MR) is 79.7 cm³/mol. The fourth-order valence-corrected chi connectivity index (χ4v) is 2.21. The van der Waals surface area contributed by atoms with Crippen LogP contribution in [0.4, 0.5) is 5.82 Å². The van der Waals surface area contributed by atoms with E-state index in [-0.39, 0.29) is 11.9 Å². The molecule has 2 heterocycles. The first kappa shape index (κ1) is 16.4. The zero-order valence-corrected chi connectivity index (χ0v) is 12.9. The Labute approximate surface area is 121 Å². The van der Waals surface area contributed by atoms with Crippen molar-refractivity contribution in [3.8, 4) is 0 Å². The zero-order chi connectivity index (χ0) is 15.0. The molecule has 5 nitrogen and oxygen atoms in total. The van der Waals surface area contributed by atoms with Crippen LogP contribution >= 0.6 is 0 Å². The highest BCUT2D eigenvalue weighted by molar-refractivity contribution is 5.72. The molecular weight excluding hydrogens is 254 g/mol. The Morgan fingerprint density at radius 3 is 2.55 bits per heavy atom. The fraction of sp³-hybridized carbons (Fsp3) is 0.667. The molecule has 1 aromatic heterocycles. The van der Waals surface area contributed by atoms with E-state index < -0.39 is 0 Å². The molecule has 0 saturated carbocycles. The summed E-state index contributed by atoms with van der Waals surface area (Å²) in [7, 11) is 0. The normalized spacial score (nSPS) is 15.3. The third-order valence-electron chi connectivity index (χ3n) is 3.18. The first-order valence-electron chi connectivity index (χ1n) is 7.41. The molecule has 1 aliphatic heterocycles. The molecule has 0 aromatic carbocycles. The number of esters is 1. The van der Waals surface area contributed by atoms with Crippen molar-refractivity contribution in [3.63, 3.8) is 0 Å². The molecule has 1 aromatic rings. The Morgan fingerprint density at radius 2 is 2.00 bits per heavy atom. The molecule has 1 saturated heterocycles. The van der Waals surface area contributed by atoms with Gasteiger partial charge in [0.25, 0.3) is 0 Å². The number of carbonyl (C=O) groups is 1. The van der Waals surface area contributed by atoms with E-state index in [1.807, 2.05) is 27.7 Å². The molecule has 0 aliphatic carbocycles. The number of rotatable bonds is 3. The van der Waals surface area contributed by atoms with Crippen LogP contribution < -0.4 is 4.90 Å². The summed E-state index contributed by atoms with van der Waals surface area (Å²) in [6.07, 6.45) is 5.18. The van der Waals surface area contributed by atoms with Gasteiger partial charge in [-0.1, -0.05) is 13.8 Å². The number of aryl methyl sites for hydroxylation is 1. The first-order chi connectivity index (χ1) is 9.70. The topological polar surface area (TPSA) is 55.3 Å². The minimum Gasteiger partial charge on any atom is -0.466 e. The maximum atomic E-state index is 11.6. The highest BCUT2D eigenvalue weighted by Gasteiger charge is 2.26. The van der Waals surface area contributed by atoms with Crippen LogP contribution in [0.1, 0.15) is 39.3 Å². The average molecular weight is 279 g/mol. The maximum Gasteiger partial charge on any atom is 0.309 e. The second-order valence-electron chi connectivity index (χ2n) is 4.53. The van der Waals surface area contributed by atoms with E-state index in [2.05, 4.69) is 14.9 Å². The Hall–Kier alpha value is -1.65. The summed E-state index contributed by atoms with van der Waals surface area (Å²) in [5.74, 6) is 0.878. The summed E-state index contributed by atoms with van der Waals surface area (Å²) < 4.78 is 5.06. The lowest BCUT2D eigenvalue weighted by molar-refractivity contribution is -0.148. The molecule has 0 unspecified atom stereocenters. The number of piperidine rings is 1. The Balaban J connectivity index is 0.000000956. The SMILES string of the molecule is CC.CCOC(=O)C1CCN(c2cncc(C)n2)CC1. The molecule has 1 fully saturated rings. The van der Waals surface area contributed by atoms with Gasteiger partial charge in [-0.15, -0.1) is 0 Å². The summed E-state index contributed by atoms with van der Waals surface area (Å²) in [5.41, 5.74) is 0.917. The molecule has 0 bridgehead atoms. The van der Waals surface area contributed by atoms with Gasteiger partial charge in [-0.3, -0.25) is 9.78 Å². The van der Waals surface area contributed by atoms with Crippen molar-refractivity contribution in [1.82, 2.24) is 9.97 Å². The molecule has 2 rings (SSSR count). The van der Waals surface area contributed by atoms with E-state index in [0.717, 1.165) is 37.4 Å². The highest BCUT2D eigenvalue weighted by atomic mass is 16.5. The number of hydrogen-bond acceptors (Lipinski definition) is 5. The van der Waals surface area contributed by atoms with E-state index in [4.69, 9.17) is 4.74 Å². The van der Waals surface area contributed by atoms with Gasteiger partial charge in [0.1, 0.15) is 5.82 Å². The molecule has 0 atom stereocenters. The standard InChI is InChI=1S/C13H19N3O2.C2H6/c1-3-18-13(17)11-4-6-16(7-5-11)12-9-14-8-10(2)15-12;1-2/h8-9,11H,3-7H2,1-2H3;1-2H3. The molecule has 0 radical (unpaired) electrons. The molecule has 5 heteroatoms. The number of carbonyl (C=O) groups excluding carboxylic acids is 1. The van der Waals surface area contributed by atoms with Crippen LogP contribution in [0, 0.1) is 12.8 Å². The van der Waals surface area contributed by atoms with Crippen LogP contribution in [0.25, 0.3) is 0 Å². The van der Waals surface area contributed by atoms with Crippen molar-refractivity contribution in [2.75, 3.05) is 24.6 Å². The van der Waals surface area contributed by atoms with Gasteiger partial charge in [-0.2, -0.15) is 0 Å². The molecule has 1 aliphatic rings. The predicted octanol–water partition coefficient (Wildman–Crippen LogP) is 2.59. The van der Waals surface area contributed by atoms with Crippen molar-refractivity contribution in [2.45, 2.75) is 40.5 Å². The van der Waals surface area contributed by atoms with Gasteiger partial charge in [0.15, 0.2) is 0 Å². The number of aromatic nitrogens is 2. The van der Waals surface area contributed by atoms with Crippen LogP contribution in [-0.4, -0.2) is 35.6 Å². The number of nitrogens with zero attached hydrogens (tertiary/aromatic N) is 3. The average Bonchev–Trinajstić information content (AvgIpc) is 2.50. The van der Waals surface area contributed by atoms with E-state index in [9.17, 15) is 4.79 Å². The van der Waals surface area contributed by atoms with Gasteiger partial charge in [0.2, 0.25) is 0 Å². The largest absolute Gasteiger partial charge is 0.466 e. The van der Waals surface area contributed by atoms with Crippen LogP contribution in [0.15, 0.2) is 12.4 Å². The van der Waals surface area contributed by atoms with E-state index in [0.29, 0.717) is 6.61 Å². The third kappa shape index (κ3) is 4.47. The quantitative estimate of drug-likeness (QED) is 0.796. The van der Waals surface area contributed by atoms with E-state index in [1.54, 1.807) is 12.4 Å². The summed E-state index contributed by atoms with van der Waals surface area (Å²) in [5, 5.41) is 0. The summed E-state index contributed by atoms with van der Waals surface area (Å²) in [6, 6.07) is 0. The summed E-state index contributed by atoms with van der Waals surface area (Å²) >= 11 is 0. The Morgan fingerprint density at radius 1 is 1.35 bits per heavy atom. The van der Waals surface area contributed by atoms with E-state index >= 15 is 0 Å². The summed E-state index contributed by atoms with van der Waals surface area (Å²) in [4.78, 5) is 22.4. The molecule has 20 heavy (non-hydrogen) atoms. The fourth-order valence-electron chi connectivity index (χ4n) is 2.21. The van der Waals surface area contributed by atoms with Crippen LogP contribution in [0.3, 0.4) is 0 Å². The van der Waals surface area contributed by atoms with Crippen molar-refractivity contribution in [2.24, 2.45) is 5.92 Å². The van der Waals surface area contributed by atoms with Gasteiger partial charge in [0.05, 0.1) is 24.4 Å². The van der Waals surface area contributed by atoms with Gasteiger partial charge in [-0.05, 0) is 26.7 Å². The van der Waals surface area contributed by atoms with Crippen LogP contribution in [0.2, 0.25) is 0 Å². The minimum absolute atomic E-state index is 0.0407. The molecule has 0 N–H and O–H groups in total. The second-order valence-corrected chi connectivity index (χ2v) is 4.53. The van der Waals surface area contributed by atoms with Gasteiger partial charge in [-0.25, -0.2) is 4.98 Å². The van der Waals surface area contributed by atoms with Crippen molar-refractivity contribution in [3.05, 3.63) is 18.1 Å². The van der Waals surface area contributed by atoms with Gasteiger partial charge >= 0.3 is 5.97 Å². The highest BCUT2D eigenvalue weighted by Crippen LogP contribution is 2.22.